The molecule has 12 heteroatoms. The molecule has 3 atom stereocenters. The smallest absolute Gasteiger partial charge is 0.338 e. The second kappa shape index (κ2) is 12.9. The molecule has 1 aliphatic carbocycles. The predicted molar refractivity (Wildman–Crippen MR) is 154 cm³/mol. The summed E-state index contributed by atoms with van der Waals surface area (Å²) < 4.78 is 1.44. The van der Waals surface area contributed by atoms with E-state index in [0.717, 1.165) is 25.7 Å². The molecule has 0 radical (unpaired) electrons. The summed E-state index contributed by atoms with van der Waals surface area (Å²) in [5, 5.41) is 6.35. The van der Waals surface area contributed by atoms with Gasteiger partial charge in [-0.25, -0.2) is 9.59 Å². The topological polar surface area (TPSA) is 152 Å². The van der Waals surface area contributed by atoms with E-state index >= 15 is 0 Å². The summed E-state index contributed by atoms with van der Waals surface area (Å²) in [5.74, 6) is 0.0392. The van der Waals surface area contributed by atoms with Crippen LogP contribution in [0.5, 0.6) is 0 Å². The second-order valence-electron chi connectivity index (χ2n) is 11.1. The fourth-order valence-electron chi connectivity index (χ4n) is 5.15. The van der Waals surface area contributed by atoms with Crippen LogP contribution in [0.2, 0.25) is 0 Å². The maximum Gasteiger partial charge on any atom is 0.354 e. The van der Waals surface area contributed by atoms with Crippen molar-refractivity contribution in [3.8, 4) is 5.69 Å². The molecule has 2 fully saturated rings. The SMILES string of the molecule is CC(Cc1ccc(-n2ccc(NC(=O)N3CCN(C(=O)C(C)(C)N)CC3)nc2=O)cc1)N[C@@H]1CC[C@H](N)C1.Cl. The number of hydrogen-bond donors (Lipinski definition) is 4. The van der Waals surface area contributed by atoms with Gasteiger partial charge in [-0.15, -0.1) is 12.4 Å². The molecule has 1 saturated heterocycles. The second-order valence-corrected chi connectivity index (χ2v) is 11.1. The number of nitrogens with two attached hydrogens (primary N) is 2. The molecule has 1 unspecified atom stereocenters. The summed E-state index contributed by atoms with van der Waals surface area (Å²) in [4.78, 5) is 45.0. The Morgan fingerprint density at radius 2 is 1.72 bits per heavy atom. The molecule has 39 heavy (non-hydrogen) atoms. The van der Waals surface area contributed by atoms with Gasteiger partial charge in [0.15, 0.2) is 0 Å². The van der Waals surface area contributed by atoms with E-state index in [-0.39, 0.29) is 30.2 Å². The lowest BCUT2D eigenvalue weighted by Gasteiger charge is -2.37. The van der Waals surface area contributed by atoms with Crippen molar-refractivity contribution in [1.82, 2.24) is 24.7 Å². The van der Waals surface area contributed by atoms with E-state index in [4.69, 9.17) is 11.5 Å². The molecule has 11 nitrogen and oxygen atoms in total. The summed E-state index contributed by atoms with van der Waals surface area (Å²) in [6.07, 6.45) is 5.73. The number of benzene rings is 1. The lowest BCUT2D eigenvalue weighted by atomic mass is 10.1. The fourth-order valence-corrected chi connectivity index (χ4v) is 5.15. The first-order chi connectivity index (χ1) is 18.0. The van der Waals surface area contributed by atoms with Crippen molar-refractivity contribution in [2.24, 2.45) is 11.5 Å². The molecule has 0 spiro atoms. The van der Waals surface area contributed by atoms with E-state index in [2.05, 4.69) is 22.5 Å². The molecule has 3 amide bonds. The van der Waals surface area contributed by atoms with Crippen LogP contribution in [0.25, 0.3) is 5.69 Å². The zero-order valence-corrected chi connectivity index (χ0v) is 23.7. The summed E-state index contributed by atoms with van der Waals surface area (Å²) in [7, 11) is 0. The predicted octanol–water partition coefficient (Wildman–Crippen LogP) is 1.47. The Bertz CT molecular complexity index is 1190. The number of carbonyl (C=O) groups excluding carboxylic acids is 2. The molecule has 0 bridgehead atoms. The lowest BCUT2D eigenvalue weighted by molar-refractivity contribution is -0.137. The van der Waals surface area contributed by atoms with E-state index in [1.165, 1.54) is 10.1 Å². The van der Waals surface area contributed by atoms with Crippen LogP contribution in [0, 0.1) is 0 Å². The molecule has 2 aromatic rings. The number of piperazine rings is 1. The van der Waals surface area contributed by atoms with Crippen molar-refractivity contribution in [2.75, 3.05) is 31.5 Å². The molecule has 2 heterocycles. The van der Waals surface area contributed by atoms with Gasteiger partial charge in [0.25, 0.3) is 0 Å². The minimum absolute atomic E-state index is 0. The number of rotatable bonds is 7. The number of nitrogens with zero attached hydrogens (tertiary/aromatic N) is 4. The zero-order chi connectivity index (χ0) is 27.4. The van der Waals surface area contributed by atoms with E-state index < -0.39 is 11.2 Å². The first-order valence-corrected chi connectivity index (χ1v) is 13.3. The van der Waals surface area contributed by atoms with Crippen LogP contribution < -0.4 is 27.8 Å². The highest BCUT2D eigenvalue weighted by Crippen LogP contribution is 2.19. The Labute approximate surface area is 235 Å². The molecule has 4 rings (SSSR count). The Hall–Kier alpha value is -2.99. The number of hydrogen-bond acceptors (Lipinski definition) is 7. The highest BCUT2D eigenvalue weighted by atomic mass is 35.5. The van der Waals surface area contributed by atoms with Crippen molar-refractivity contribution in [3.63, 3.8) is 0 Å². The highest BCUT2D eigenvalue weighted by Gasteiger charge is 2.31. The lowest BCUT2D eigenvalue weighted by Crippen LogP contribution is -2.58. The molecule has 1 aliphatic heterocycles. The fraction of sp³-hybridized carbons (Fsp3) is 0.556. The monoisotopic (exact) mass is 560 g/mol. The third kappa shape index (κ3) is 8.01. The van der Waals surface area contributed by atoms with Crippen molar-refractivity contribution in [1.29, 1.82) is 0 Å². The summed E-state index contributed by atoms with van der Waals surface area (Å²) >= 11 is 0. The number of urea groups is 1. The maximum absolute atomic E-state index is 12.7. The van der Waals surface area contributed by atoms with E-state index in [1.54, 1.807) is 35.9 Å². The third-order valence-corrected chi connectivity index (χ3v) is 7.19. The van der Waals surface area contributed by atoms with Gasteiger partial charge in [0.05, 0.1) is 11.2 Å². The van der Waals surface area contributed by atoms with Crippen LogP contribution in [0.3, 0.4) is 0 Å². The Morgan fingerprint density at radius 1 is 1.08 bits per heavy atom. The molecule has 1 aromatic heterocycles. The number of aromatic nitrogens is 2. The van der Waals surface area contributed by atoms with Gasteiger partial charge in [0.1, 0.15) is 5.82 Å². The van der Waals surface area contributed by atoms with Gasteiger partial charge < -0.3 is 26.6 Å². The number of carbonyl (C=O) groups is 2. The summed E-state index contributed by atoms with van der Waals surface area (Å²) in [6.45, 7) is 7.08. The van der Waals surface area contributed by atoms with Gasteiger partial charge >= 0.3 is 11.7 Å². The van der Waals surface area contributed by atoms with E-state index in [9.17, 15) is 14.4 Å². The Balaban J connectivity index is 0.00000420. The first kappa shape index (κ1) is 30.6. The van der Waals surface area contributed by atoms with Gasteiger partial charge in [-0.2, -0.15) is 4.98 Å². The number of nitrogens with one attached hydrogen (secondary N) is 2. The Kier molecular flexibility index (Phi) is 10.1. The van der Waals surface area contributed by atoms with Gasteiger partial charge in [-0.05, 0) is 70.2 Å². The summed E-state index contributed by atoms with van der Waals surface area (Å²) in [6, 6.07) is 10.2. The molecule has 1 aromatic carbocycles. The highest BCUT2D eigenvalue weighted by molar-refractivity contribution is 5.89. The first-order valence-electron chi connectivity index (χ1n) is 13.3. The number of halogens is 1. The number of anilines is 1. The minimum Gasteiger partial charge on any atom is -0.338 e. The van der Waals surface area contributed by atoms with Crippen LogP contribution in [0.1, 0.15) is 45.6 Å². The van der Waals surface area contributed by atoms with Gasteiger partial charge in [-0.3, -0.25) is 14.7 Å². The van der Waals surface area contributed by atoms with Crippen LogP contribution in [-0.2, 0) is 11.2 Å². The molecule has 2 aliphatic rings. The molecular weight excluding hydrogens is 520 g/mol. The third-order valence-electron chi connectivity index (χ3n) is 7.19. The summed E-state index contributed by atoms with van der Waals surface area (Å²) in [5.41, 5.74) is 12.4. The van der Waals surface area contributed by atoms with Gasteiger partial charge in [-0.1, -0.05) is 12.1 Å². The van der Waals surface area contributed by atoms with Gasteiger partial charge in [0, 0.05) is 50.5 Å². The minimum atomic E-state index is -0.946. The number of amides is 3. The molecular formula is C27H41ClN8O3. The van der Waals surface area contributed by atoms with Gasteiger partial charge in [0.2, 0.25) is 5.91 Å². The average molecular weight is 561 g/mol. The van der Waals surface area contributed by atoms with Crippen LogP contribution in [0.4, 0.5) is 10.6 Å². The quantitative estimate of drug-likeness (QED) is 0.400. The van der Waals surface area contributed by atoms with Crippen LogP contribution in [0.15, 0.2) is 41.3 Å². The Morgan fingerprint density at radius 3 is 2.28 bits per heavy atom. The van der Waals surface area contributed by atoms with Crippen molar-refractivity contribution >= 4 is 30.2 Å². The zero-order valence-electron chi connectivity index (χ0n) is 22.9. The normalized spacial score (nSPS) is 20.3. The largest absolute Gasteiger partial charge is 0.354 e. The standard InChI is InChI=1S/C27H40N8O3.ClH/c1-18(30-21-7-6-20(28)17-21)16-19-4-8-22(9-5-19)35-11-10-23(32-26(35)38)31-25(37)34-14-12-33(13-15-34)24(36)27(2,3)29;/h4-5,8-11,18,20-21,30H,6-7,12-17,28-29H2,1-3H3,(H,31,32,37,38);1H/t18?,20-,21+;/m0./s1. The van der Waals surface area contributed by atoms with Crippen molar-refractivity contribution in [2.45, 2.75) is 70.1 Å². The van der Waals surface area contributed by atoms with E-state index in [1.807, 2.05) is 24.3 Å². The van der Waals surface area contributed by atoms with Crippen LogP contribution >= 0.6 is 12.4 Å². The van der Waals surface area contributed by atoms with Crippen molar-refractivity contribution < 1.29 is 9.59 Å². The average Bonchev–Trinajstić information content (AvgIpc) is 3.28. The molecule has 6 N–H and O–H groups in total. The van der Waals surface area contributed by atoms with Crippen LogP contribution in [-0.4, -0.2) is 81.1 Å². The molecule has 1 saturated carbocycles. The van der Waals surface area contributed by atoms with E-state index in [0.29, 0.717) is 50.0 Å². The van der Waals surface area contributed by atoms with Crippen molar-refractivity contribution in [3.05, 3.63) is 52.6 Å². The maximum atomic E-state index is 12.7. The molecule has 214 valence electrons.